The van der Waals surface area contributed by atoms with Crippen LogP contribution in [0.4, 0.5) is 17.6 Å². The van der Waals surface area contributed by atoms with E-state index in [1.807, 2.05) is 0 Å². The summed E-state index contributed by atoms with van der Waals surface area (Å²) < 4.78 is 49.9. The van der Waals surface area contributed by atoms with Crippen molar-refractivity contribution in [2.45, 2.75) is 26.1 Å². The molecule has 5 heteroatoms. The molecular weight excluding hydrogens is 224 g/mol. The van der Waals surface area contributed by atoms with Gasteiger partial charge in [0, 0.05) is 0 Å². The summed E-state index contributed by atoms with van der Waals surface area (Å²) in [6.07, 6.45) is -5.66. The van der Waals surface area contributed by atoms with E-state index >= 15 is 0 Å². The Morgan fingerprint density at radius 3 is 2.12 bits per heavy atom. The van der Waals surface area contributed by atoms with Crippen molar-refractivity contribution in [3.8, 4) is 0 Å². The maximum absolute atomic E-state index is 13.1. The van der Waals surface area contributed by atoms with Gasteiger partial charge in [-0.15, -0.1) is 0 Å². The van der Waals surface area contributed by atoms with Crippen LogP contribution in [0.3, 0.4) is 0 Å². The summed E-state index contributed by atoms with van der Waals surface area (Å²) in [7, 11) is 0. The first-order valence-corrected chi connectivity index (χ1v) is 4.78. The zero-order valence-corrected chi connectivity index (χ0v) is 8.85. The highest BCUT2D eigenvalue weighted by atomic mass is 19.4. The second-order valence-corrected chi connectivity index (χ2v) is 3.93. The first kappa shape index (κ1) is 13.0. The third-order valence-electron chi connectivity index (χ3n) is 2.27. The molecule has 0 aliphatic carbocycles. The lowest BCUT2D eigenvalue weighted by atomic mass is 9.98. The lowest BCUT2D eigenvalue weighted by molar-refractivity contribution is -0.140. The van der Waals surface area contributed by atoms with Crippen molar-refractivity contribution in [2.24, 2.45) is 5.92 Å². The van der Waals surface area contributed by atoms with Crippen molar-refractivity contribution < 1.29 is 22.7 Å². The molecule has 1 aromatic carbocycles. The van der Waals surface area contributed by atoms with Crippen molar-refractivity contribution >= 4 is 0 Å². The van der Waals surface area contributed by atoms with Crippen LogP contribution >= 0.6 is 0 Å². The molecule has 0 bridgehead atoms. The van der Waals surface area contributed by atoms with Gasteiger partial charge >= 0.3 is 6.18 Å². The van der Waals surface area contributed by atoms with Gasteiger partial charge in [-0.25, -0.2) is 4.39 Å². The molecule has 1 rings (SSSR count). The molecule has 1 N–H and O–H groups in total. The maximum atomic E-state index is 13.1. The van der Waals surface area contributed by atoms with Crippen LogP contribution in [0.25, 0.3) is 0 Å². The molecule has 0 amide bonds. The molecule has 0 aliphatic heterocycles. The first-order chi connectivity index (χ1) is 7.23. The van der Waals surface area contributed by atoms with Crippen LogP contribution in [0.1, 0.15) is 31.1 Å². The van der Waals surface area contributed by atoms with Gasteiger partial charge in [-0.2, -0.15) is 13.2 Å². The number of halogens is 4. The largest absolute Gasteiger partial charge is 0.419 e. The van der Waals surface area contributed by atoms with Gasteiger partial charge in [-0.3, -0.25) is 0 Å². The van der Waals surface area contributed by atoms with Crippen LogP contribution in [-0.4, -0.2) is 5.11 Å². The Bertz CT molecular complexity index is 371. The average molecular weight is 236 g/mol. The Labute approximate surface area is 90.7 Å². The second kappa shape index (κ2) is 4.41. The van der Waals surface area contributed by atoms with E-state index in [1.165, 1.54) is 0 Å². The Morgan fingerprint density at radius 1 is 1.19 bits per heavy atom. The molecule has 1 atom stereocenters. The monoisotopic (exact) mass is 236 g/mol. The third kappa shape index (κ3) is 2.72. The molecule has 16 heavy (non-hydrogen) atoms. The summed E-state index contributed by atoms with van der Waals surface area (Å²) in [4.78, 5) is 0. The molecule has 0 aromatic heterocycles. The van der Waals surface area contributed by atoms with Gasteiger partial charge in [-0.1, -0.05) is 19.9 Å². The fraction of sp³-hybridized carbons (Fsp3) is 0.455. The fourth-order valence-corrected chi connectivity index (χ4v) is 1.33. The van der Waals surface area contributed by atoms with Gasteiger partial charge in [0.15, 0.2) is 0 Å². The number of hydrogen-bond acceptors (Lipinski definition) is 1. The number of aliphatic hydroxyl groups is 1. The molecular formula is C11H12F4O. The molecule has 0 fully saturated rings. The Kier molecular flexibility index (Phi) is 3.57. The van der Waals surface area contributed by atoms with E-state index in [0.29, 0.717) is 6.07 Å². The number of rotatable bonds is 2. The number of alkyl halides is 3. The molecule has 1 nitrogen and oxygen atoms in total. The van der Waals surface area contributed by atoms with Crippen molar-refractivity contribution in [3.63, 3.8) is 0 Å². The molecule has 0 aliphatic rings. The molecule has 90 valence electrons. The first-order valence-electron chi connectivity index (χ1n) is 4.78. The van der Waals surface area contributed by atoms with Crippen LogP contribution in [0, 0.1) is 11.7 Å². The minimum Gasteiger partial charge on any atom is -0.388 e. The Hall–Kier alpha value is -1.10. The molecule has 1 aromatic rings. The minimum atomic E-state index is -4.70. The zero-order valence-electron chi connectivity index (χ0n) is 8.85. The molecule has 1 unspecified atom stereocenters. The van der Waals surface area contributed by atoms with Crippen LogP contribution < -0.4 is 0 Å². The van der Waals surface area contributed by atoms with Crippen LogP contribution in [0.5, 0.6) is 0 Å². The Morgan fingerprint density at radius 2 is 1.75 bits per heavy atom. The predicted octanol–water partition coefficient (Wildman–Crippen LogP) is 3.53. The Balaban J connectivity index is 3.09. The lowest BCUT2D eigenvalue weighted by Gasteiger charge is -2.16. The van der Waals surface area contributed by atoms with Crippen molar-refractivity contribution in [3.05, 3.63) is 35.1 Å². The summed E-state index contributed by atoms with van der Waals surface area (Å²) in [5.41, 5.74) is -1.16. The second-order valence-electron chi connectivity index (χ2n) is 3.93. The number of benzene rings is 1. The van der Waals surface area contributed by atoms with Gasteiger partial charge < -0.3 is 5.11 Å². The summed E-state index contributed by atoms with van der Waals surface area (Å²) in [5, 5.41) is 9.57. The highest BCUT2D eigenvalue weighted by Gasteiger charge is 2.34. The number of aliphatic hydroxyl groups excluding tert-OH is 1. The van der Waals surface area contributed by atoms with Gasteiger partial charge in [0.05, 0.1) is 11.7 Å². The van der Waals surface area contributed by atoms with E-state index in [0.717, 1.165) is 12.1 Å². The van der Waals surface area contributed by atoms with E-state index in [1.54, 1.807) is 13.8 Å². The normalized spacial score (nSPS) is 14.2. The highest BCUT2D eigenvalue weighted by molar-refractivity contribution is 5.28. The topological polar surface area (TPSA) is 20.2 Å². The predicted molar refractivity (Wildman–Crippen MR) is 51.2 cm³/mol. The van der Waals surface area contributed by atoms with E-state index < -0.39 is 23.7 Å². The molecule has 0 radical (unpaired) electrons. The average Bonchev–Trinajstić information content (AvgIpc) is 2.14. The van der Waals surface area contributed by atoms with E-state index in [9.17, 15) is 22.7 Å². The summed E-state index contributed by atoms with van der Waals surface area (Å²) in [6, 6.07) is 2.47. The standard InChI is InChI=1S/C11H12F4O/c1-6(2)10(16)7-3-4-8(9(12)5-7)11(13,14)15/h3-6,10,16H,1-2H3. The van der Waals surface area contributed by atoms with Crippen LogP contribution in [0.15, 0.2) is 18.2 Å². The van der Waals surface area contributed by atoms with Gasteiger partial charge in [-0.05, 0) is 23.6 Å². The van der Waals surface area contributed by atoms with Gasteiger partial charge in [0.25, 0.3) is 0 Å². The maximum Gasteiger partial charge on any atom is 0.419 e. The fourth-order valence-electron chi connectivity index (χ4n) is 1.33. The minimum absolute atomic E-state index is 0.153. The quantitative estimate of drug-likeness (QED) is 0.779. The van der Waals surface area contributed by atoms with Crippen LogP contribution in [-0.2, 0) is 6.18 Å². The summed E-state index contributed by atoms with van der Waals surface area (Å²) in [6.45, 7) is 3.39. The van der Waals surface area contributed by atoms with Crippen molar-refractivity contribution in [2.75, 3.05) is 0 Å². The smallest absolute Gasteiger partial charge is 0.388 e. The van der Waals surface area contributed by atoms with E-state index in [2.05, 4.69) is 0 Å². The molecule has 0 spiro atoms. The lowest BCUT2D eigenvalue weighted by Crippen LogP contribution is -2.11. The third-order valence-corrected chi connectivity index (χ3v) is 2.27. The SMILES string of the molecule is CC(C)C(O)c1ccc(C(F)(F)F)c(F)c1. The molecule has 0 saturated carbocycles. The van der Waals surface area contributed by atoms with Gasteiger partial charge in [0.1, 0.15) is 5.82 Å². The number of hydrogen-bond donors (Lipinski definition) is 1. The van der Waals surface area contributed by atoms with E-state index in [4.69, 9.17) is 0 Å². The summed E-state index contributed by atoms with van der Waals surface area (Å²) >= 11 is 0. The van der Waals surface area contributed by atoms with Crippen molar-refractivity contribution in [1.82, 2.24) is 0 Å². The summed E-state index contributed by atoms with van der Waals surface area (Å²) in [5.74, 6) is -1.54. The van der Waals surface area contributed by atoms with Crippen LogP contribution in [0.2, 0.25) is 0 Å². The zero-order chi connectivity index (χ0) is 12.5. The highest BCUT2D eigenvalue weighted by Crippen LogP contribution is 2.33. The molecule has 0 saturated heterocycles. The van der Waals surface area contributed by atoms with Gasteiger partial charge in [0.2, 0.25) is 0 Å². The molecule has 0 heterocycles. The van der Waals surface area contributed by atoms with Crippen molar-refractivity contribution in [1.29, 1.82) is 0 Å². The van der Waals surface area contributed by atoms with E-state index in [-0.39, 0.29) is 11.5 Å².